The molecule has 0 amide bonds. The molecule has 0 spiro atoms. The van der Waals surface area contributed by atoms with Crippen molar-refractivity contribution in [1.29, 1.82) is 5.26 Å². The van der Waals surface area contributed by atoms with Crippen molar-refractivity contribution in [2.24, 2.45) is 0 Å². The summed E-state index contributed by atoms with van der Waals surface area (Å²) in [4.78, 5) is 0. The minimum Gasteiger partial charge on any atom is -0.192 e. The number of thiophene rings is 1. The van der Waals surface area contributed by atoms with E-state index in [1.54, 1.807) is 6.07 Å². The highest BCUT2D eigenvalue weighted by atomic mass is 32.1. The van der Waals surface area contributed by atoms with Crippen molar-refractivity contribution in [3.63, 3.8) is 0 Å². The Morgan fingerprint density at radius 1 is 1.86 bits per heavy atom. The highest BCUT2D eigenvalue weighted by Crippen LogP contribution is 2.00. The van der Waals surface area contributed by atoms with Gasteiger partial charge in [-0.2, -0.15) is 5.26 Å². The van der Waals surface area contributed by atoms with E-state index in [2.05, 4.69) is 5.38 Å². The van der Waals surface area contributed by atoms with Gasteiger partial charge in [-0.1, -0.05) is 0 Å². The third kappa shape index (κ3) is 0.787. The first kappa shape index (κ1) is 4.35. The Bertz CT molecular complexity index is 170. The first-order chi connectivity index (χ1) is 3.43. The van der Waals surface area contributed by atoms with Crippen LogP contribution in [0, 0.1) is 16.7 Å². The number of hydrogen-bond acceptors (Lipinski definition) is 2. The fourth-order valence-electron chi connectivity index (χ4n) is 0.294. The van der Waals surface area contributed by atoms with Crippen molar-refractivity contribution in [1.82, 2.24) is 0 Å². The molecular weight excluding hydrogens is 106 g/mol. The van der Waals surface area contributed by atoms with E-state index >= 15 is 0 Å². The van der Waals surface area contributed by atoms with Gasteiger partial charge in [0, 0.05) is 0 Å². The second-order valence-corrected chi connectivity index (χ2v) is 1.76. The van der Waals surface area contributed by atoms with Gasteiger partial charge in [0.15, 0.2) is 0 Å². The van der Waals surface area contributed by atoms with E-state index in [-0.39, 0.29) is 0 Å². The van der Waals surface area contributed by atoms with Gasteiger partial charge in [-0.25, -0.2) is 0 Å². The molecule has 1 aromatic rings. The summed E-state index contributed by atoms with van der Waals surface area (Å²) in [7, 11) is 0. The van der Waals surface area contributed by atoms with Crippen molar-refractivity contribution in [3.05, 3.63) is 22.4 Å². The number of hydrogen-bond donors (Lipinski definition) is 0. The summed E-state index contributed by atoms with van der Waals surface area (Å²) in [6, 6.07) is 3.70. The van der Waals surface area contributed by atoms with Crippen LogP contribution in [0.3, 0.4) is 0 Å². The highest BCUT2D eigenvalue weighted by Gasteiger charge is 1.83. The van der Waals surface area contributed by atoms with Crippen LogP contribution in [0.2, 0.25) is 0 Å². The molecule has 0 aliphatic carbocycles. The van der Waals surface area contributed by atoms with E-state index in [9.17, 15) is 0 Å². The van der Waals surface area contributed by atoms with Gasteiger partial charge in [0.25, 0.3) is 0 Å². The largest absolute Gasteiger partial charge is 0.192 e. The third-order valence-electron chi connectivity index (χ3n) is 0.592. The van der Waals surface area contributed by atoms with Gasteiger partial charge < -0.3 is 0 Å². The molecule has 0 saturated carbocycles. The summed E-state index contributed by atoms with van der Waals surface area (Å²) in [6.45, 7) is 0. The minimum atomic E-state index is 0.630. The summed E-state index contributed by atoms with van der Waals surface area (Å²) in [5, 5.41) is 12.8. The molecule has 33 valence electrons. The van der Waals surface area contributed by atoms with E-state index < -0.39 is 0 Å². The molecule has 0 saturated heterocycles. The van der Waals surface area contributed by atoms with Gasteiger partial charge in [-0.05, 0) is 11.4 Å². The molecule has 2 heteroatoms. The van der Waals surface area contributed by atoms with E-state index in [0.29, 0.717) is 5.56 Å². The zero-order chi connectivity index (χ0) is 5.11. The zero-order valence-electron chi connectivity index (χ0n) is 3.51. The molecular formula is C5H2NS. The van der Waals surface area contributed by atoms with Crippen LogP contribution in [0.1, 0.15) is 5.56 Å². The smallest absolute Gasteiger partial charge is 0.101 e. The Morgan fingerprint density at radius 2 is 2.71 bits per heavy atom. The van der Waals surface area contributed by atoms with Crippen molar-refractivity contribution < 1.29 is 0 Å². The average molecular weight is 108 g/mol. The summed E-state index contributed by atoms with van der Waals surface area (Å²) in [6.07, 6.45) is 0. The first-order valence-corrected chi connectivity index (χ1v) is 2.67. The molecule has 1 rings (SSSR count). The Kier molecular flexibility index (Phi) is 1.10. The Hall–Kier alpha value is -0.810. The summed E-state index contributed by atoms with van der Waals surface area (Å²) < 4.78 is 0. The van der Waals surface area contributed by atoms with Gasteiger partial charge >= 0.3 is 0 Å². The maximum atomic E-state index is 8.15. The lowest BCUT2D eigenvalue weighted by atomic mass is 10.4. The van der Waals surface area contributed by atoms with Gasteiger partial charge in [0.2, 0.25) is 0 Å². The molecule has 7 heavy (non-hydrogen) atoms. The fourth-order valence-corrected chi connectivity index (χ4v) is 0.806. The molecule has 1 radical (unpaired) electrons. The Morgan fingerprint density at radius 3 is 3.00 bits per heavy atom. The maximum Gasteiger partial charge on any atom is 0.101 e. The predicted molar refractivity (Wildman–Crippen MR) is 27.9 cm³/mol. The van der Waals surface area contributed by atoms with Gasteiger partial charge in [-0.15, -0.1) is 11.3 Å². The Labute approximate surface area is 45.8 Å². The van der Waals surface area contributed by atoms with Crippen LogP contribution in [0.15, 0.2) is 11.4 Å². The standard InChI is InChI=1S/C5H2NS/c6-3-5-1-2-7-4-5/h1-2H. The minimum absolute atomic E-state index is 0.630. The number of nitriles is 1. The first-order valence-electron chi connectivity index (χ1n) is 1.79. The highest BCUT2D eigenvalue weighted by molar-refractivity contribution is 7.07. The zero-order valence-corrected chi connectivity index (χ0v) is 4.33. The quantitative estimate of drug-likeness (QED) is 0.493. The summed E-state index contributed by atoms with van der Waals surface area (Å²) >= 11 is 1.42. The maximum absolute atomic E-state index is 8.15. The van der Waals surface area contributed by atoms with Crippen molar-refractivity contribution >= 4 is 11.3 Å². The molecule has 0 aromatic carbocycles. The van der Waals surface area contributed by atoms with Crippen LogP contribution < -0.4 is 0 Å². The number of rotatable bonds is 0. The molecule has 1 aromatic heterocycles. The lowest BCUT2D eigenvalue weighted by Crippen LogP contribution is -1.55. The van der Waals surface area contributed by atoms with Crippen LogP contribution in [0.25, 0.3) is 0 Å². The topological polar surface area (TPSA) is 23.8 Å². The second kappa shape index (κ2) is 1.76. The van der Waals surface area contributed by atoms with Gasteiger partial charge in [0.05, 0.1) is 10.9 Å². The van der Waals surface area contributed by atoms with Crippen LogP contribution in [0.5, 0.6) is 0 Å². The van der Waals surface area contributed by atoms with Crippen LogP contribution in [-0.4, -0.2) is 0 Å². The van der Waals surface area contributed by atoms with Crippen molar-refractivity contribution in [2.45, 2.75) is 0 Å². The summed E-state index contributed by atoms with van der Waals surface area (Å²) in [5.41, 5.74) is 0.630. The van der Waals surface area contributed by atoms with Crippen molar-refractivity contribution in [2.75, 3.05) is 0 Å². The summed E-state index contributed by atoms with van der Waals surface area (Å²) in [5.74, 6) is 0. The monoisotopic (exact) mass is 108 g/mol. The van der Waals surface area contributed by atoms with E-state index in [4.69, 9.17) is 5.26 Å². The van der Waals surface area contributed by atoms with E-state index in [1.807, 2.05) is 11.4 Å². The van der Waals surface area contributed by atoms with Gasteiger partial charge in [-0.3, -0.25) is 0 Å². The molecule has 0 aliphatic heterocycles. The van der Waals surface area contributed by atoms with Crippen LogP contribution in [-0.2, 0) is 0 Å². The lowest BCUT2D eigenvalue weighted by molar-refractivity contribution is 1.51. The molecule has 1 heterocycles. The van der Waals surface area contributed by atoms with Crippen LogP contribution in [0.4, 0.5) is 0 Å². The molecule has 0 aliphatic rings. The van der Waals surface area contributed by atoms with E-state index in [0.717, 1.165) is 0 Å². The Balaban J connectivity index is 3.04. The second-order valence-electron chi connectivity index (χ2n) is 1.05. The van der Waals surface area contributed by atoms with Crippen LogP contribution >= 0.6 is 11.3 Å². The lowest BCUT2D eigenvalue weighted by Gasteiger charge is -1.61. The van der Waals surface area contributed by atoms with E-state index in [1.165, 1.54) is 11.3 Å². The normalized spacial score (nSPS) is 7.86. The van der Waals surface area contributed by atoms with Gasteiger partial charge in [0.1, 0.15) is 6.07 Å². The fraction of sp³-hybridized carbons (Fsp3) is 0. The SMILES string of the molecule is N#Cc1[c]scc1. The molecule has 1 nitrogen and oxygen atoms in total. The predicted octanol–water partition coefficient (Wildman–Crippen LogP) is 1.42. The van der Waals surface area contributed by atoms with Crippen molar-refractivity contribution in [3.8, 4) is 6.07 Å². The number of nitrogens with zero attached hydrogens (tertiary/aromatic N) is 1. The third-order valence-corrected chi connectivity index (χ3v) is 1.20. The molecule has 0 atom stereocenters. The average Bonchev–Trinajstić information content (AvgIpc) is 2.14. The molecule has 0 N–H and O–H groups in total. The molecule has 0 fully saturated rings. The molecule has 0 bridgehead atoms. The molecule has 0 unspecified atom stereocenters.